The number of nitrogens with one attached hydrogen (secondary N) is 1. The SMILES string of the molecule is CNc1ccc(-c2ccc3c(c2)CN(C)CC3c2ccc3ccccc3c2)nn1. The van der Waals surface area contributed by atoms with Gasteiger partial charge in [-0.1, -0.05) is 54.6 Å². The van der Waals surface area contributed by atoms with E-state index in [0.717, 1.165) is 30.2 Å². The summed E-state index contributed by atoms with van der Waals surface area (Å²) in [5.74, 6) is 1.16. The zero-order chi connectivity index (χ0) is 19.8. The van der Waals surface area contributed by atoms with E-state index in [1.807, 2.05) is 19.2 Å². The fourth-order valence-corrected chi connectivity index (χ4v) is 4.34. The average molecular weight is 380 g/mol. The van der Waals surface area contributed by atoms with Gasteiger partial charge in [0.2, 0.25) is 0 Å². The average Bonchev–Trinajstić information content (AvgIpc) is 2.78. The van der Waals surface area contributed by atoms with Crippen LogP contribution in [0.15, 0.2) is 72.8 Å². The first-order chi connectivity index (χ1) is 14.2. The lowest BCUT2D eigenvalue weighted by atomic mass is 9.83. The first-order valence-electron chi connectivity index (χ1n) is 10.0. The van der Waals surface area contributed by atoms with E-state index < -0.39 is 0 Å². The van der Waals surface area contributed by atoms with Crippen LogP contribution in [0.2, 0.25) is 0 Å². The molecule has 4 aromatic rings. The molecule has 0 radical (unpaired) electrons. The monoisotopic (exact) mass is 380 g/mol. The lowest BCUT2D eigenvalue weighted by Gasteiger charge is -2.33. The maximum Gasteiger partial charge on any atom is 0.148 e. The minimum Gasteiger partial charge on any atom is -0.372 e. The number of likely N-dealkylation sites (N-methyl/N-ethyl adjacent to an activating group) is 1. The van der Waals surface area contributed by atoms with Gasteiger partial charge in [0.25, 0.3) is 0 Å². The van der Waals surface area contributed by atoms with Gasteiger partial charge in [-0.05, 0) is 52.7 Å². The van der Waals surface area contributed by atoms with E-state index in [2.05, 4.69) is 88.1 Å². The van der Waals surface area contributed by atoms with Gasteiger partial charge < -0.3 is 10.2 Å². The number of rotatable bonds is 3. The first-order valence-corrected chi connectivity index (χ1v) is 10.0. The highest BCUT2D eigenvalue weighted by Crippen LogP contribution is 2.36. The number of fused-ring (bicyclic) bond motifs is 2. The molecule has 1 aromatic heterocycles. The second kappa shape index (κ2) is 7.30. The van der Waals surface area contributed by atoms with Crippen LogP contribution in [0.4, 0.5) is 5.82 Å². The minimum absolute atomic E-state index is 0.375. The second-order valence-electron chi connectivity index (χ2n) is 7.82. The summed E-state index contributed by atoms with van der Waals surface area (Å²) in [6.45, 7) is 1.98. The van der Waals surface area contributed by atoms with Crippen LogP contribution in [0.25, 0.3) is 22.0 Å². The van der Waals surface area contributed by atoms with Crippen molar-refractivity contribution in [2.24, 2.45) is 0 Å². The number of anilines is 1. The molecule has 0 bridgehead atoms. The molecule has 29 heavy (non-hydrogen) atoms. The predicted octanol–water partition coefficient (Wildman–Crippen LogP) is 4.92. The largest absolute Gasteiger partial charge is 0.372 e. The van der Waals surface area contributed by atoms with Crippen molar-refractivity contribution < 1.29 is 0 Å². The topological polar surface area (TPSA) is 41.0 Å². The van der Waals surface area contributed by atoms with Crippen molar-refractivity contribution >= 4 is 16.6 Å². The third kappa shape index (κ3) is 3.36. The predicted molar refractivity (Wildman–Crippen MR) is 119 cm³/mol. The van der Waals surface area contributed by atoms with Crippen molar-refractivity contribution in [3.63, 3.8) is 0 Å². The quantitative estimate of drug-likeness (QED) is 0.548. The van der Waals surface area contributed by atoms with Gasteiger partial charge >= 0.3 is 0 Å². The summed E-state index contributed by atoms with van der Waals surface area (Å²) in [6.07, 6.45) is 0. The molecule has 4 nitrogen and oxygen atoms in total. The molecule has 1 aliphatic rings. The summed E-state index contributed by atoms with van der Waals surface area (Å²) in [4.78, 5) is 2.40. The van der Waals surface area contributed by atoms with Gasteiger partial charge in [0.05, 0.1) is 5.69 Å². The third-order valence-corrected chi connectivity index (χ3v) is 5.85. The van der Waals surface area contributed by atoms with Gasteiger partial charge in [-0.15, -0.1) is 10.2 Å². The number of aromatic nitrogens is 2. The molecule has 0 spiro atoms. The van der Waals surface area contributed by atoms with Crippen molar-refractivity contribution in [2.45, 2.75) is 12.5 Å². The van der Waals surface area contributed by atoms with E-state index in [1.165, 1.54) is 27.5 Å². The number of hydrogen-bond donors (Lipinski definition) is 1. The lowest BCUT2D eigenvalue weighted by molar-refractivity contribution is 0.295. The van der Waals surface area contributed by atoms with Gasteiger partial charge in [-0.3, -0.25) is 0 Å². The highest BCUT2D eigenvalue weighted by molar-refractivity contribution is 5.83. The van der Waals surface area contributed by atoms with Crippen LogP contribution in [0.5, 0.6) is 0 Å². The van der Waals surface area contributed by atoms with Crippen molar-refractivity contribution in [1.29, 1.82) is 0 Å². The summed E-state index contributed by atoms with van der Waals surface area (Å²) in [5.41, 5.74) is 6.19. The molecule has 0 saturated carbocycles. The number of nitrogens with zero attached hydrogens (tertiary/aromatic N) is 3. The Morgan fingerprint density at radius 1 is 0.897 bits per heavy atom. The smallest absolute Gasteiger partial charge is 0.148 e. The van der Waals surface area contributed by atoms with E-state index in [9.17, 15) is 0 Å². The maximum atomic E-state index is 4.37. The molecule has 0 amide bonds. The molecule has 4 heteroatoms. The lowest BCUT2D eigenvalue weighted by Crippen LogP contribution is -2.31. The van der Waals surface area contributed by atoms with Gasteiger partial charge in [-0.2, -0.15) is 0 Å². The summed E-state index contributed by atoms with van der Waals surface area (Å²) in [7, 11) is 4.05. The van der Waals surface area contributed by atoms with Gasteiger partial charge in [0, 0.05) is 31.6 Å². The molecule has 1 N–H and O–H groups in total. The Balaban J connectivity index is 1.54. The summed E-state index contributed by atoms with van der Waals surface area (Å²) in [6, 6.07) is 26.2. The van der Waals surface area contributed by atoms with Crippen molar-refractivity contribution in [3.05, 3.63) is 89.5 Å². The highest BCUT2D eigenvalue weighted by Gasteiger charge is 2.25. The molecule has 144 valence electrons. The fraction of sp³-hybridized carbons (Fsp3) is 0.200. The molecule has 1 aliphatic heterocycles. The number of hydrogen-bond acceptors (Lipinski definition) is 4. The Labute approximate surface area is 171 Å². The Morgan fingerprint density at radius 3 is 2.55 bits per heavy atom. The minimum atomic E-state index is 0.375. The summed E-state index contributed by atoms with van der Waals surface area (Å²) < 4.78 is 0. The van der Waals surface area contributed by atoms with E-state index in [1.54, 1.807) is 0 Å². The molecular formula is C25H24N4. The van der Waals surface area contributed by atoms with Crippen LogP contribution >= 0.6 is 0 Å². The van der Waals surface area contributed by atoms with Crippen LogP contribution in [-0.4, -0.2) is 35.7 Å². The van der Waals surface area contributed by atoms with Crippen molar-refractivity contribution in [2.75, 3.05) is 26.0 Å². The fourth-order valence-electron chi connectivity index (χ4n) is 4.34. The number of benzene rings is 3. The molecule has 5 rings (SSSR count). The molecule has 2 heterocycles. The Bertz CT molecular complexity index is 1170. The molecule has 0 saturated heterocycles. The highest BCUT2D eigenvalue weighted by atomic mass is 15.2. The van der Waals surface area contributed by atoms with E-state index in [-0.39, 0.29) is 0 Å². The van der Waals surface area contributed by atoms with Gasteiger partial charge in [0.15, 0.2) is 0 Å². The molecule has 1 atom stereocenters. The Hall–Kier alpha value is -3.24. The second-order valence-corrected chi connectivity index (χ2v) is 7.82. The molecule has 0 fully saturated rings. The summed E-state index contributed by atoms with van der Waals surface area (Å²) in [5, 5.41) is 14.2. The van der Waals surface area contributed by atoms with E-state index >= 15 is 0 Å². The standard InChI is InChI=1S/C25H24N4/c1-26-25-12-11-24(27-28-25)20-9-10-22-21(14-20)15-29(2)16-23(22)19-8-7-17-5-3-4-6-18(17)13-19/h3-14,23H,15-16H2,1-2H3,(H,26,28). The summed E-state index contributed by atoms with van der Waals surface area (Å²) >= 11 is 0. The van der Waals surface area contributed by atoms with Crippen LogP contribution < -0.4 is 5.32 Å². The van der Waals surface area contributed by atoms with Crippen molar-refractivity contribution in [3.8, 4) is 11.3 Å². The molecule has 3 aromatic carbocycles. The van der Waals surface area contributed by atoms with Crippen LogP contribution in [0, 0.1) is 0 Å². The molecule has 0 aliphatic carbocycles. The van der Waals surface area contributed by atoms with Crippen LogP contribution in [0.1, 0.15) is 22.6 Å². The van der Waals surface area contributed by atoms with Crippen molar-refractivity contribution in [1.82, 2.24) is 15.1 Å². The van der Waals surface area contributed by atoms with Gasteiger partial charge in [-0.25, -0.2) is 0 Å². The Morgan fingerprint density at radius 2 is 1.76 bits per heavy atom. The van der Waals surface area contributed by atoms with E-state index in [4.69, 9.17) is 0 Å². The Kier molecular flexibility index (Phi) is 4.49. The van der Waals surface area contributed by atoms with E-state index in [0.29, 0.717) is 5.92 Å². The van der Waals surface area contributed by atoms with Gasteiger partial charge in [0.1, 0.15) is 5.82 Å². The normalized spacial score (nSPS) is 16.6. The molecule has 1 unspecified atom stereocenters. The maximum absolute atomic E-state index is 4.37. The zero-order valence-electron chi connectivity index (χ0n) is 16.8. The first kappa shape index (κ1) is 17.8. The van der Waals surface area contributed by atoms with Crippen LogP contribution in [0.3, 0.4) is 0 Å². The van der Waals surface area contributed by atoms with Crippen LogP contribution in [-0.2, 0) is 6.54 Å². The zero-order valence-corrected chi connectivity index (χ0v) is 16.8. The third-order valence-electron chi connectivity index (χ3n) is 5.85. The molecular weight excluding hydrogens is 356 g/mol.